The highest BCUT2D eigenvalue weighted by Gasteiger charge is 2.26. The summed E-state index contributed by atoms with van der Waals surface area (Å²) in [7, 11) is 0. The Morgan fingerprint density at radius 2 is 1.59 bits per heavy atom. The van der Waals surface area contributed by atoms with Gasteiger partial charge >= 0.3 is 0 Å². The number of pyridine rings is 1. The van der Waals surface area contributed by atoms with Crippen LogP contribution >= 0.6 is 0 Å². The summed E-state index contributed by atoms with van der Waals surface area (Å²) >= 11 is 0. The molecule has 2 amide bonds. The molecule has 2 aromatic heterocycles. The zero-order valence-electron chi connectivity index (χ0n) is 19.0. The molecule has 0 radical (unpaired) electrons. The van der Waals surface area contributed by atoms with Gasteiger partial charge in [-0.25, -0.2) is 4.98 Å². The predicted molar refractivity (Wildman–Crippen MR) is 131 cm³/mol. The van der Waals surface area contributed by atoms with Gasteiger partial charge < -0.3 is 14.2 Å². The molecule has 6 heteroatoms. The van der Waals surface area contributed by atoms with Gasteiger partial charge in [-0.2, -0.15) is 0 Å². The minimum absolute atomic E-state index is 0.0393. The fourth-order valence-electron chi connectivity index (χ4n) is 4.48. The summed E-state index contributed by atoms with van der Waals surface area (Å²) in [5.74, 6) is 0.755. The standard InChI is InChI=1S/C28H27N3O3/c32-27(14-6-10-21-8-2-1-3-9-21)30-15-17-31(18-16-30)28(33)23-20-25(26-13-7-19-34-26)29-24-12-5-4-11-22(23)24/h1-5,7-9,11-13,19-20H,6,10,14-18H2. The number of nitrogens with zero attached hydrogens (tertiary/aromatic N) is 3. The molecular weight excluding hydrogens is 426 g/mol. The number of fused-ring (bicyclic) bond motifs is 1. The maximum atomic E-state index is 13.5. The van der Waals surface area contributed by atoms with E-state index in [1.54, 1.807) is 6.26 Å². The maximum Gasteiger partial charge on any atom is 0.254 e. The van der Waals surface area contributed by atoms with Crippen molar-refractivity contribution < 1.29 is 14.0 Å². The first-order valence-electron chi connectivity index (χ1n) is 11.7. The second-order valence-electron chi connectivity index (χ2n) is 8.56. The lowest BCUT2D eigenvalue weighted by molar-refractivity contribution is -0.132. The molecule has 0 atom stereocenters. The van der Waals surface area contributed by atoms with Gasteiger partial charge in [0.25, 0.3) is 5.91 Å². The van der Waals surface area contributed by atoms with Crippen LogP contribution in [0.4, 0.5) is 0 Å². The topological polar surface area (TPSA) is 66.7 Å². The number of aromatic nitrogens is 1. The Labute approximate surface area is 198 Å². The first kappa shape index (κ1) is 21.9. The van der Waals surface area contributed by atoms with Crippen LogP contribution in [-0.4, -0.2) is 52.8 Å². The van der Waals surface area contributed by atoms with Gasteiger partial charge in [-0.1, -0.05) is 48.5 Å². The second kappa shape index (κ2) is 9.91. The van der Waals surface area contributed by atoms with Crippen LogP contribution in [0.3, 0.4) is 0 Å². The first-order valence-corrected chi connectivity index (χ1v) is 11.7. The first-order chi connectivity index (χ1) is 16.7. The van der Waals surface area contributed by atoms with Gasteiger partial charge in [0, 0.05) is 38.0 Å². The minimum atomic E-state index is -0.0393. The molecule has 1 saturated heterocycles. The zero-order chi connectivity index (χ0) is 23.3. The molecule has 172 valence electrons. The van der Waals surface area contributed by atoms with Crippen LogP contribution < -0.4 is 0 Å². The summed E-state index contributed by atoms with van der Waals surface area (Å²) in [6, 6.07) is 23.4. The number of aryl methyl sites for hydroxylation is 1. The van der Waals surface area contributed by atoms with Crippen molar-refractivity contribution in [1.82, 2.24) is 14.8 Å². The van der Waals surface area contributed by atoms with Gasteiger partial charge in [-0.15, -0.1) is 0 Å². The molecule has 4 aromatic rings. The second-order valence-corrected chi connectivity index (χ2v) is 8.56. The molecular formula is C28H27N3O3. The van der Waals surface area contributed by atoms with Gasteiger partial charge in [0.1, 0.15) is 5.69 Å². The monoisotopic (exact) mass is 453 g/mol. The molecule has 2 aromatic carbocycles. The third-order valence-electron chi connectivity index (χ3n) is 6.34. The Bertz CT molecular complexity index is 1280. The van der Waals surface area contributed by atoms with Crippen molar-refractivity contribution >= 4 is 22.7 Å². The Morgan fingerprint density at radius 3 is 2.35 bits per heavy atom. The van der Waals surface area contributed by atoms with Crippen molar-refractivity contribution in [3.8, 4) is 11.5 Å². The third-order valence-corrected chi connectivity index (χ3v) is 6.34. The fourth-order valence-corrected chi connectivity index (χ4v) is 4.48. The van der Waals surface area contributed by atoms with Crippen LogP contribution in [0.2, 0.25) is 0 Å². The van der Waals surface area contributed by atoms with E-state index in [-0.39, 0.29) is 11.8 Å². The number of piperazine rings is 1. The van der Waals surface area contributed by atoms with Gasteiger partial charge in [-0.05, 0) is 42.7 Å². The number of amides is 2. The van der Waals surface area contributed by atoms with E-state index in [4.69, 9.17) is 4.42 Å². The molecule has 0 bridgehead atoms. The number of hydrogen-bond acceptors (Lipinski definition) is 4. The maximum absolute atomic E-state index is 13.5. The van der Waals surface area contributed by atoms with E-state index in [0.29, 0.717) is 49.6 Å². The lowest BCUT2D eigenvalue weighted by Gasteiger charge is -2.35. The smallest absolute Gasteiger partial charge is 0.254 e. The summed E-state index contributed by atoms with van der Waals surface area (Å²) in [4.78, 5) is 34.6. The van der Waals surface area contributed by atoms with Crippen LogP contribution in [0.1, 0.15) is 28.8 Å². The molecule has 1 aliphatic heterocycles. The Balaban J connectivity index is 1.24. The van der Waals surface area contributed by atoms with Crippen molar-refractivity contribution in [2.24, 2.45) is 0 Å². The molecule has 5 rings (SSSR count). The Hall–Kier alpha value is -3.93. The van der Waals surface area contributed by atoms with E-state index in [9.17, 15) is 9.59 Å². The number of hydrogen-bond donors (Lipinski definition) is 0. The molecule has 1 aliphatic rings. The lowest BCUT2D eigenvalue weighted by Crippen LogP contribution is -2.50. The normalized spacial score (nSPS) is 13.9. The largest absolute Gasteiger partial charge is 0.463 e. The molecule has 0 unspecified atom stereocenters. The van der Waals surface area contributed by atoms with Crippen LogP contribution in [0.15, 0.2) is 83.5 Å². The van der Waals surface area contributed by atoms with E-state index in [2.05, 4.69) is 17.1 Å². The van der Waals surface area contributed by atoms with E-state index in [0.717, 1.165) is 23.7 Å². The van der Waals surface area contributed by atoms with Crippen LogP contribution in [-0.2, 0) is 11.2 Å². The Kier molecular flexibility index (Phi) is 6.38. The molecule has 3 heterocycles. The van der Waals surface area contributed by atoms with E-state index in [1.807, 2.05) is 70.5 Å². The summed E-state index contributed by atoms with van der Waals surface area (Å²) in [5.41, 5.74) is 3.26. The van der Waals surface area contributed by atoms with Gasteiger partial charge in [0.2, 0.25) is 5.91 Å². The fraction of sp³-hybridized carbons (Fsp3) is 0.250. The van der Waals surface area contributed by atoms with E-state index in [1.165, 1.54) is 5.56 Å². The van der Waals surface area contributed by atoms with Crippen molar-refractivity contribution in [2.75, 3.05) is 26.2 Å². The predicted octanol–water partition coefficient (Wildman–Crippen LogP) is 4.80. The van der Waals surface area contributed by atoms with Gasteiger partial charge in [-0.3, -0.25) is 9.59 Å². The minimum Gasteiger partial charge on any atom is -0.463 e. The highest BCUT2D eigenvalue weighted by molar-refractivity contribution is 6.07. The quantitative estimate of drug-likeness (QED) is 0.421. The highest BCUT2D eigenvalue weighted by atomic mass is 16.3. The number of carbonyl (C=O) groups is 2. The molecule has 6 nitrogen and oxygen atoms in total. The summed E-state index contributed by atoms with van der Waals surface area (Å²) in [6.07, 6.45) is 3.87. The molecule has 0 N–H and O–H groups in total. The Morgan fingerprint density at radius 1 is 0.853 bits per heavy atom. The molecule has 34 heavy (non-hydrogen) atoms. The summed E-state index contributed by atoms with van der Waals surface area (Å²) < 4.78 is 5.52. The third kappa shape index (κ3) is 4.71. The van der Waals surface area contributed by atoms with E-state index < -0.39 is 0 Å². The lowest BCUT2D eigenvalue weighted by atomic mass is 10.0. The summed E-state index contributed by atoms with van der Waals surface area (Å²) in [6.45, 7) is 2.17. The molecule has 1 fully saturated rings. The highest BCUT2D eigenvalue weighted by Crippen LogP contribution is 2.26. The average molecular weight is 454 g/mol. The zero-order valence-corrected chi connectivity index (χ0v) is 19.0. The number of rotatable bonds is 6. The van der Waals surface area contributed by atoms with E-state index >= 15 is 0 Å². The van der Waals surface area contributed by atoms with Gasteiger partial charge in [0.05, 0.1) is 17.3 Å². The van der Waals surface area contributed by atoms with Crippen LogP contribution in [0.25, 0.3) is 22.4 Å². The number of benzene rings is 2. The SMILES string of the molecule is O=C(CCCc1ccccc1)N1CCN(C(=O)c2cc(-c3ccco3)nc3ccccc23)CC1. The number of para-hydroxylation sites is 1. The van der Waals surface area contributed by atoms with Crippen molar-refractivity contribution in [2.45, 2.75) is 19.3 Å². The molecule has 0 aliphatic carbocycles. The summed E-state index contributed by atoms with van der Waals surface area (Å²) in [5, 5.41) is 0.822. The van der Waals surface area contributed by atoms with Crippen molar-refractivity contribution in [3.63, 3.8) is 0 Å². The molecule has 0 spiro atoms. The van der Waals surface area contributed by atoms with Crippen molar-refractivity contribution in [1.29, 1.82) is 0 Å². The average Bonchev–Trinajstić information content (AvgIpc) is 3.43. The van der Waals surface area contributed by atoms with Gasteiger partial charge in [0.15, 0.2) is 5.76 Å². The number of furan rings is 1. The number of carbonyl (C=O) groups excluding carboxylic acids is 2. The van der Waals surface area contributed by atoms with Crippen LogP contribution in [0, 0.1) is 0 Å². The van der Waals surface area contributed by atoms with Crippen molar-refractivity contribution in [3.05, 3.63) is 90.2 Å². The van der Waals surface area contributed by atoms with Crippen LogP contribution in [0.5, 0.6) is 0 Å². The molecule has 0 saturated carbocycles.